The highest BCUT2D eigenvalue weighted by Gasteiger charge is 2.14. The molecule has 0 aliphatic rings. The smallest absolute Gasteiger partial charge is 0.123 e. The molecule has 0 bridgehead atoms. The quantitative estimate of drug-likeness (QED) is 0.874. The fraction of sp³-hybridized carbons (Fsp3) is 0.200. The largest absolute Gasteiger partial charge is 0.496 e. The van der Waals surface area contributed by atoms with E-state index in [2.05, 4.69) is 19.1 Å². The minimum atomic E-state index is -0.146. The van der Waals surface area contributed by atoms with Crippen molar-refractivity contribution in [2.75, 3.05) is 7.11 Å². The predicted octanol–water partition coefficient (Wildman–Crippen LogP) is 3.05. The molecule has 0 aliphatic carbocycles. The first-order valence-electron chi connectivity index (χ1n) is 5.68. The van der Waals surface area contributed by atoms with Gasteiger partial charge in [-0.05, 0) is 24.1 Å². The van der Waals surface area contributed by atoms with Crippen LogP contribution in [0.25, 0.3) is 0 Å². The summed E-state index contributed by atoms with van der Waals surface area (Å²) in [6.45, 7) is 2.07. The van der Waals surface area contributed by atoms with E-state index >= 15 is 0 Å². The molecule has 1 atom stereocenters. The molecule has 88 valence electrons. The molecule has 2 heteroatoms. The van der Waals surface area contributed by atoms with Crippen molar-refractivity contribution >= 4 is 0 Å². The van der Waals surface area contributed by atoms with Crippen LogP contribution >= 0.6 is 0 Å². The van der Waals surface area contributed by atoms with Crippen LogP contribution in [0.2, 0.25) is 0 Å². The van der Waals surface area contributed by atoms with Crippen LogP contribution in [0.5, 0.6) is 5.75 Å². The van der Waals surface area contributed by atoms with Crippen molar-refractivity contribution in [3.05, 3.63) is 65.2 Å². The molecule has 0 spiro atoms. The molecule has 0 radical (unpaired) electrons. The summed E-state index contributed by atoms with van der Waals surface area (Å²) in [5.74, 6) is 0.836. The second-order valence-electron chi connectivity index (χ2n) is 4.08. The molecule has 0 aromatic heterocycles. The van der Waals surface area contributed by atoms with E-state index in [4.69, 9.17) is 10.5 Å². The van der Waals surface area contributed by atoms with Crippen LogP contribution in [0.4, 0.5) is 0 Å². The number of methoxy groups -OCH3 is 1. The Morgan fingerprint density at radius 1 is 0.941 bits per heavy atom. The molecule has 0 heterocycles. The van der Waals surface area contributed by atoms with E-state index in [-0.39, 0.29) is 6.04 Å². The van der Waals surface area contributed by atoms with Crippen molar-refractivity contribution < 1.29 is 4.74 Å². The highest BCUT2D eigenvalue weighted by Crippen LogP contribution is 2.29. The number of hydrogen-bond donors (Lipinski definition) is 1. The molecule has 2 nitrogen and oxygen atoms in total. The number of hydrogen-bond acceptors (Lipinski definition) is 2. The summed E-state index contributed by atoms with van der Waals surface area (Å²) < 4.78 is 5.35. The van der Waals surface area contributed by atoms with Gasteiger partial charge in [0.15, 0.2) is 0 Å². The Labute approximate surface area is 102 Å². The van der Waals surface area contributed by atoms with Crippen molar-refractivity contribution in [2.45, 2.75) is 13.0 Å². The number of ether oxygens (including phenoxy) is 1. The lowest BCUT2D eigenvalue weighted by Gasteiger charge is -2.17. The Hall–Kier alpha value is -1.80. The molecule has 0 fully saturated rings. The average Bonchev–Trinajstić information content (AvgIpc) is 2.38. The highest BCUT2D eigenvalue weighted by molar-refractivity contribution is 5.43. The van der Waals surface area contributed by atoms with Gasteiger partial charge in [0.1, 0.15) is 5.75 Å². The third-order valence-corrected chi connectivity index (χ3v) is 3.00. The zero-order valence-electron chi connectivity index (χ0n) is 10.2. The van der Waals surface area contributed by atoms with Gasteiger partial charge in [0, 0.05) is 5.56 Å². The first kappa shape index (κ1) is 11.7. The van der Waals surface area contributed by atoms with Crippen LogP contribution in [0.3, 0.4) is 0 Å². The summed E-state index contributed by atoms with van der Waals surface area (Å²) in [5.41, 5.74) is 9.67. The second-order valence-corrected chi connectivity index (χ2v) is 4.08. The maximum atomic E-state index is 6.31. The van der Waals surface area contributed by atoms with E-state index in [1.807, 2.05) is 36.4 Å². The van der Waals surface area contributed by atoms with Crippen LogP contribution in [0.15, 0.2) is 48.5 Å². The maximum absolute atomic E-state index is 6.31. The van der Waals surface area contributed by atoms with Crippen LogP contribution in [0, 0.1) is 6.92 Å². The van der Waals surface area contributed by atoms with E-state index in [1.54, 1.807) is 7.11 Å². The van der Waals surface area contributed by atoms with Gasteiger partial charge in [-0.2, -0.15) is 0 Å². The standard InChI is InChI=1S/C15H17NO/c1-11-7-3-4-8-12(11)15(16)13-9-5-6-10-14(13)17-2/h3-10,15H,16H2,1-2H3. The van der Waals surface area contributed by atoms with Gasteiger partial charge < -0.3 is 10.5 Å². The monoisotopic (exact) mass is 227 g/mol. The Balaban J connectivity index is 2.44. The van der Waals surface area contributed by atoms with Gasteiger partial charge in [0.25, 0.3) is 0 Å². The summed E-state index contributed by atoms with van der Waals surface area (Å²) in [6, 6.07) is 15.9. The van der Waals surface area contributed by atoms with E-state index in [0.29, 0.717) is 0 Å². The maximum Gasteiger partial charge on any atom is 0.123 e. The Kier molecular flexibility index (Phi) is 3.45. The lowest BCUT2D eigenvalue weighted by molar-refractivity contribution is 0.408. The van der Waals surface area contributed by atoms with Gasteiger partial charge in [0.2, 0.25) is 0 Å². The number of benzene rings is 2. The van der Waals surface area contributed by atoms with E-state index in [0.717, 1.165) is 16.9 Å². The van der Waals surface area contributed by atoms with Crippen molar-refractivity contribution in [2.24, 2.45) is 5.73 Å². The second kappa shape index (κ2) is 5.02. The number of nitrogens with two attached hydrogens (primary N) is 1. The van der Waals surface area contributed by atoms with Crippen LogP contribution in [-0.2, 0) is 0 Å². The van der Waals surface area contributed by atoms with Crippen LogP contribution < -0.4 is 10.5 Å². The summed E-state index contributed by atoms with van der Waals surface area (Å²) in [4.78, 5) is 0. The van der Waals surface area contributed by atoms with E-state index < -0.39 is 0 Å². The molecular formula is C15H17NO. The summed E-state index contributed by atoms with van der Waals surface area (Å²) >= 11 is 0. The molecule has 0 amide bonds. The van der Waals surface area contributed by atoms with Crippen LogP contribution in [0.1, 0.15) is 22.7 Å². The molecule has 1 unspecified atom stereocenters. The van der Waals surface area contributed by atoms with Gasteiger partial charge in [-0.25, -0.2) is 0 Å². The fourth-order valence-corrected chi connectivity index (χ4v) is 2.03. The fourth-order valence-electron chi connectivity index (χ4n) is 2.03. The number of para-hydroxylation sites is 1. The highest BCUT2D eigenvalue weighted by atomic mass is 16.5. The summed E-state index contributed by atoms with van der Waals surface area (Å²) in [7, 11) is 1.67. The Morgan fingerprint density at radius 3 is 2.18 bits per heavy atom. The van der Waals surface area contributed by atoms with Gasteiger partial charge in [-0.1, -0.05) is 42.5 Å². The lowest BCUT2D eigenvalue weighted by Crippen LogP contribution is -2.14. The molecule has 2 rings (SSSR count). The zero-order valence-corrected chi connectivity index (χ0v) is 10.2. The normalized spacial score (nSPS) is 12.2. The van der Waals surface area contributed by atoms with Crippen molar-refractivity contribution in [3.63, 3.8) is 0 Å². The summed E-state index contributed by atoms with van der Waals surface area (Å²) in [5, 5.41) is 0. The third-order valence-electron chi connectivity index (χ3n) is 3.00. The topological polar surface area (TPSA) is 35.2 Å². The molecule has 2 aromatic carbocycles. The zero-order chi connectivity index (χ0) is 12.3. The minimum absolute atomic E-state index is 0.146. The molecular weight excluding hydrogens is 210 g/mol. The van der Waals surface area contributed by atoms with Gasteiger partial charge >= 0.3 is 0 Å². The van der Waals surface area contributed by atoms with Crippen molar-refractivity contribution in [3.8, 4) is 5.75 Å². The van der Waals surface area contributed by atoms with Crippen molar-refractivity contribution in [1.29, 1.82) is 0 Å². The van der Waals surface area contributed by atoms with Gasteiger partial charge in [0.05, 0.1) is 13.2 Å². The lowest BCUT2D eigenvalue weighted by atomic mass is 9.95. The van der Waals surface area contributed by atoms with E-state index in [9.17, 15) is 0 Å². The predicted molar refractivity (Wildman–Crippen MR) is 70.2 cm³/mol. The van der Waals surface area contributed by atoms with Crippen molar-refractivity contribution in [1.82, 2.24) is 0 Å². The molecule has 0 aliphatic heterocycles. The summed E-state index contributed by atoms with van der Waals surface area (Å²) in [6.07, 6.45) is 0. The number of aryl methyl sites for hydroxylation is 1. The molecule has 17 heavy (non-hydrogen) atoms. The van der Waals surface area contributed by atoms with Gasteiger partial charge in [-0.3, -0.25) is 0 Å². The van der Waals surface area contributed by atoms with Crippen LogP contribution in [-0.4, -0.2) is 7.11 Å². The molecule has 0 saturated carbocycles. The molecule has 2 N–H and O–H groups in total. The SMILES string of the molecule is COc1ccccc1C(N)c1ccccc1C. The average molecular weight is 227 g/mol. The Morgan fingerprint density at radius 2 is 1.53 bits per heavy atom. The Bertz CT molecular complexity index is 508. The third kappa shape index (κ3) is 2.32. The first-order chi connectivity index (χ1) is 8.24. The molecule has 0 saturated heterocycles. The number of rotatable bonds is 3. The minimum Gasteiger partial charge on any atom is -0.496 e. The molecule has 2 aromatic rings. The van der Waals surface area contributed by atoms with E-state index in [1.165, 1.54) is 5.56 Å². The first-order valence-corrected chi connectivity index (χ1v) is 5.68. The van der Waals surface area contributed by atoms with Gasteiger partial charge in [-0.15, -0.1) is 0 Å².